The van der Waals surface area contributed by atoms with Gasteiger partial charge in [0.2, 0.25) is 0 Å². The maximum absolute atomic E-state index is 5.75. The zero-order chi connectivity index (χ0) is 12.8. The van der Waals surface area contributed by atoms with Gasteiger partial charge >= 0.3 is 0 Å². The summed E-state index contributed by atoms with van der Waals surface area (Å²) in [6.07, 6.45) is 10.0. The minimum Gasteiger partial charge on any atom is -0.378 e. The van der Waals surface area contributed by atoms with Crippen LogP contribution in [-0.2, 0) is 18.2 Å². The Hall–Kier alpha value is -0.870. The molecular formula is C14H25N3O. The smallest absolute Gasteiger partial charge is 0.109 e. The van der Waals surface area contributed by atoms with E-state index in [0.717, 1.165) is 31.8 Å². The molecule has 18 heavy (non-hydrogen) atoms. The van der Waals surface area contributed by atoms with E-state index in [1.165, 1.54) is 19.3 Å². The number of aromatic nitrogens is 2. The average Bonchev–Trinajstić information content (AvgIpc) is 2.99. The molecule has 4 heteroatoms. The van der Waals surface area contributed by atoms with E-state index in [-0.39, 0.29) is 0 Å². The van der Waals surface area contributed by atoms with Crippen molar-refractivity contribution in [1.29, 1.82) is 0 Å². The van der Waals surface area contributed by atoms with Crippen LogP contribution in [0.15, 0.2) is 12.4 Å². The lowest BCUT2D eigenvalue weighted by Gasteiger charge is -2.21. The van der Waals surface area contributed by atoms with E-state index in [0.29, 0.717) is 12.1 Å². The van der Waals surface area contributed by atoms with Crippen LogP contribution < -0.4 is 5.32 Å². The molecule has 0 radical (unpaired) electrons. The highest BCUT2D eigenvalue weighted by Gasteiger charge is 2.21. The number of ether oxygens (including phenoxy) is 1. The van der Waals surface area contributed by atoms with E-state index in [4.69, 9.17) is 4.74 Å². The SMILES string of the molecule is CCCNC(Cc1nccn1C)CC1CCCO1. The number of imidazole rings is 1. The van der Waals surface area contributed by atoms with Gasteiger partial charge in [0, 0.05) is 38.5 Å². The summed E-state index contributed by atoms with van der Waals surface area (Å²) < 4.78 is 7.85. The van der Waals surface area contributed by atoms with Gasteiger partial charge in [-0.2, -0.15) is 0 Å². The molecule has 0 spiro atoms. The summed E-state index contributed by atoms with van der Waals surface area (Å²) in [6.45, 7) is 4.21. The fourth-order valence-electron chi connectivity index (χ4n) is 2.55. The molecule has 1 fully saturated rings. The molecule has 0 bridgehead atoms. The molecule has 0 aromatic carbocycles. The van der Waals surface area contributed by atoms with Crippen LogP contribution in [0.4, 0.5) is 0 Å². The van der Waals surface area contributed by atoms with Gasteiger partial charge in [0.15, 0.2) is 0 Å². The molecule has 1 N–H and O–H groups in total. The number of hydrogen-bond acceptors (Lipinski definition) is 3. The van der Waals surface area contributed by atoms with Gasteiger partial charge in [-0.3, -0.25) is 0 Å². The van der Waals surface area contributed by atoms with Crippen molar-refractivity contribution < 1.29 is 4.74 Å². The number of aryl methyl sites for hydroxylation is 1. The first-order chi connectivity index (χ1) is 8.79. The zero-order valence-electron chi connectivity index (χ0n) is 11.6. The van der Waals surface area contributed by atoms with Crippen molar-refractivity contribution in [1.82, 2.24) is 14.9 Å². The molecule has 102 valence electrons. The summed E-state index contributed by atoms with van der Waals surface area (Å²) in [5.41, 5.74) is 0. The standard InChI is InChI=1S/C14H25N3O/c1-3-6-15-12(10-13-5-4-9-18-13)11-14-16-7-8-17(14)2/h7-8,12-13,15H,3-6,9-11H2,1-2H3. The maximum Gasteiger partial charge on any atom is 0.109 e. The Kier molecular flexibility index (Phi) is 5.20. The first-order valence-corrected chi connectivity index (χ1v) is 7.10. The van der Waals surface area contributed by atoms with Gasteiger partial charge < -0.3 is 14.6 Å². The van der Waals surface area contributed by atoms with Crippen molar-refractivity contribution in [3.63, 3.8) is 0 Å². The average molecular weight is 251 g/mol. The van der Waals surface area contributed by atoms with Crippen LogP contribution >= 0.6 is 0 Å². The molecule has 1 aromatic rings. The minimum atomic E-state index is 0.444. The second kappa shape index (κ2) is 6.90. The molecule has 0 saturated carbocycles. The van der Waals surface area contributed by atoms with Crippen molar-refractivity contribution in [2.24, 2.45) is 7.05 Å². The largest absolute Gasteiger partial charge is 0.378 e. The summed E-state index contributed by atoms with van der Waals surface area (Å²) in [6, 6.07) is 0.481. The lowest BCUT2D eigenvalue weighted by atomic mass is 10.0. The Bertz CT molecular complexity index is 345. The van der Waals surface area contributed by atoms with Gasteiger partial charge in [0.05, 0.1) is 6.10 Å². The molecule has 2 rings (SSSR count). The molecule has 2 atom stereocenters. The predicted molar refractivity (Wildman–Crippen MR) is 72.6 cm³/mol. The zero-order valence-corrected chi connectivity index (χ0v) is 11.6. The van der Waals surface area contributed by atoms with Crippen molar-refractivity contribution in [3.8, 4) is 0 Å². The van der Waals surface area contributed by atoms with Crippen LogP contribution in [0.5, 0.6) is 0 Å². The highest BCUT2D eigenvalue weighted by atomic mass is 16.5. The number of hydrogen-bond donors (Lipinski definition) is 1. The Balaban J connectivity index is 1.89. The number of nitrogens with one attached hydrogen (secondary N) is 1. The quantitative estimate of drug-likeness (QED) is 0.804. The Morgan fingerprint density at radius 3 is 3.11 bits per heavy atom. The molecule has 1 aliphatic rings. The third kappa shape index (κ3) is 3.82. The third-order valence-electron chi connectivity index (χ3n) is 3.60. The van der Waals surface area contributed by atoms with Crippen molar-refractivity contribution >= 4 is 0 Å². The Morgan fingerprint density at radius 2 is 2.50 bits per heavy atom. The highest BCUT2D eigenvalue weighted by Crippen LogP contribution is 2.18. The molecule has 1 aromatic heterocycles. The molecular weight excluding hydrogens is 226 g/mol. The highest BCUT2D eigenvalue weighted by molar-refractivity contribution is 4.95. The first kappa shape index (κ1) is 13.6. The molecule has 4 nitrogen and oxygen atoms in total. The molecule has 1 saturated heterocycles. The maximum atomic E-state index is 5.75. The summed E-state index contributed by atoms with van der Waals surface area (Å²) in [5, 5.41) is 3.63. The van der Waals surface area contributed by atoms with Gasteiger partial charge in [-0.05, 0) is 32.2 Å². The molecule has 2 heterocycles. The van der Waals surface area contributed by atoms with E-state index in [1.54, 1.807) is 0 Å². The van der Waals surface area contributed by atoms with E-state index in [2.05, 4.69) is 28.8 Å². The Morgan fingerprint density at radius 1 is 1.61 bits per heavy atom. The van der Waals surface area contributed by atoms with Gasteiger partial charge in [0.1, 0.15) is 5.82 Å². The monoisotopic (exact) mass is 251 g/mol. The number of nitrogens with zero attached hydrogens (tertiary/aromatic N) is 2. The van der Waals surface area contributed by atoms with Gasteiger partial charge in [-0.25, -0.2) is 4.98 Å². The molecule has 0 aliphatic carbocycles. The van der Waals surface area contributed by atoms with Gasteiger partial charge in [-0.15, -0.1) is 0 Å². The molecule has 2 unspecified atom stereocenters. The van der Waals surface area contributed by atoms with E-state index < -0.39 is 0 Å². The normalized spacial score (nSPS) is 21.3. The first-order valence-electron chi connectivity index (χ1n) is 7.10. The lowest BCUT2D eigenvalue weighted by Crippen LogP contribution is -2.35. The Labute approximate surface area is 110 Å². The summed E-state index contributed by atoms with van der Waals surface area (Å²) in [4.78, 5) is 4.42. The predicted octanol–water partition coefficient (Wildman–Crippen LogP) is 1.90. The molecule has 0 amide bonds. The topological polar surface area (TPSA) is 39.1 Å². The summed E-state index contributed by atoms with van der Waals surface area (Å²) >= 11 is 0. The van der Waals surface area contributed by atoms with Gasteiger partial charge in [0.25, 0.3) is 0 Å². The second-order valence-electron chi connectivity index (χ2n) is 5.18. The van der Waals surface area contributed by atoms with E-state index >= 15 is 0 Å². The van der Waals surface area contributed by atoms with E-state index in [9.17, 15) is 0 Å². The van der Waals surface area contributed by atoms with E-state index in [1.807, 2.05) is 12.4 Å². The fourth-order valence-corrected chi connectivity index (χ4v) is 2.55. The van der Waals surface area contributed by atoms with Gasteiger partial charge in [-0.1, -0.05) is 6.92 Å². The third-order valence-corrected chi connectivity index (χ3v) is 3.60. The summed E-state index contributed by atoms with van der Waals surface area (Å²) in [5.74, 6) is 1.15. The second-order valence-corrected chi connectivity index (χ2v) is 5.18. The fraction of sp³-hybridized carbons (Fsp3) is 0.786. The van der Waals surface area contributed by atoms with Crippen LogP contribution in [-0.4, -0.2) is 34.8 Å². The van der Waals surface area contributed by atoms with Crippen LogP contribution in [0.25, 0.3) is 0 Å². The molecule has 1 aliphatic heterocycles. The lowest BCUT2D eigenvalue weighted by molar-refractivity contribution is 0.0943. The number of rotatable bonds is 7. The van der Waals surface area contributed by atoms with Crippen LogP contribution in [0.1, 0.15) is 38.4 Å². The van der Waals surface area contributed by atoms with Crippen LogP contribution in [0.2, 0.25) is 0 Å². The van der Waals surface area contributed by atoms with Crippen molar-refractivity contribution in [2.75, 3.05) is 13.2 Å². The van der Waals surface area contributed by atoms with Crippen LogP contribution in [0, 0.1) is 0 Å². The minimum absolute atomic E-state index is 0.444. The summed E-state index contributed by atoms with van der Waals surface area (Å²) in [7, 11) is 2.06. The van der Waals surface area contributed by atoms with Crippen LogP contribution in [0.3, 0.4) is 0 Å². The van der Waals surface area contributed by atoms with Crippen molar-refractivity contribution in [2.45, 2.75) is 51.2 Å². The van der Waals surface area contributed by atoms with Crippen molar-refractivity contribution in [3.05, 3.63) is 18.2 Å².